The average Bonchev–Trinajstić information content (AvgIpc) is 2.65. The Morgan fingerprint density at radius 3 is 2.42 bits per heavy atom. The molecule has 2 N–H and O–H groups in total. The molecule has 0 atom stereocenters. The Kier molecular flexibility index (Phi) is 4.00. The van der Waals surface area contributed by atoms with Crippen LogP contribution in [0.1, 0.15) is 16.8 Å². The van der Waals surface area contributed by atoms with E-state index in [2.05, 4.69) is 5.10 Å². The fourth-order valence-corrected chi connectivity index (χ4v) is 2.04. The van der Waals surface area contributed by atoms with Gasteiger partial charge in [-0.05, 0) is 37.1 Å². The molecule has 2 aromatic rings. The molecule has 0 aliphatic rings. The fraction of sp³-hybridized carbons (Fsp3) is 0.357. The van der Waals surface area contributed by atoms with Gasteiger partial charge in [0.05, 0.1) is 12.3 Å². The van der Waals surface area contributed by atoms with Crippen LogP contribution in [-0.2, 0) is 13.5 Å². The molecule has 102 valence electrons. The largest absolute Gasteiger partial charge is 0.493 e. The third-order valence-corrected chi connectivity index (χ3v) is 3.60. The van der Waals surface area contributed by atoms with Gasteiger partial charge in [0.2, 0.25) is 0 Å². The van der Waals surface area contributed by atoms with Crippen molar-refractivity contribution >= 4 is 17.4 Å². The Balaban J connectivity index is 1.96. The van der Waals surface area contributed by atoms with Crippen LogP contribution in [0.25, 0.3) is 0 Å². The second kappa shape index (κ2) is 5.53. The molecule has 1 aromatic heterocycles. The van der Waals surface area contributed by atoms with Crippen LogP contribution in [-0.4, -0.2) is 16.4 Å². The van der Waals surface area contributed by atoms with E-state index in [0.717, 1.165) is 34.0 Å². The van der Waals surface area contributed by atoms with E-state index in [9.17, 15) is 0 Å². The van der Waals surface area contributed by atoms with Crippen molar-refractivity contribution in [1.29, 1.82) is 0 Å². The van der Waals surface area contributed by atoms with Crippen LogP contribution in [0, 0.1) is 13.8 Å². The molecule has 1 heterocycles. The van der Waals surface area contributed by atoms with Gasteiger partial charge in [-0.25, -0.2) is 0 Å². The molecule has 0 aliphatic heterocycles. The average molecular weight is 280 g/mol. The van der Waals surface area contributed by atoms with Crippen molar-refractivity contribution in [2.45, 2.75) is 20.3 Å². The monoisotopic (exact) mass is 279 g/mol. The molecule has 0 fully saturated rings. The molecule has 5 heteroatoms. The Hall–Kier alpha value is -1.68. The number of anilines is 1. The summed E-state index contributed by atoms with van der Waals surface area (Å²) in [6, 6.07) is 5.76. The molecule has 2 rings (SSSR count). The number of hydrogen-bond donors (Lipinski definition) is 1. The Labute approximate surface area is 118 Å². The van der Waals surface area contributed by atoms with Crippen LogP contribution >= 0.6 is 11.6 Å². The number of aryl methyl sites for hydroxylation is 3. The second-order valence-corrected chi connectivity index (χ2v) is 5.03. The highest BCUT2D eigenvalue weighted by Crippen LogP contribution is 2.25. The zero-order chi connectivity index (χ0) is 14.0. The lowest BCUT2D eigenvalue weighted by Crippen LogP contribution is -2.03. The standard InChI is InChI=1S/C14H18ClN3O/c1-9-6-12(7-10(2)14(9)15)19-5-4-11-8-13(16)18(3)17-11/h6-8H,4-5,16H2,1-3H3. The molecule has 0 radical (unpaired) electrons. The van der Waals surface area contributed by atoms with Crippen molar-refractivity contribution in [1.82, 2.24) is 9.78 Å². The number of ether oxygens (including phenoxy) is 1. The highest BCUT2D eigenvalue weighted by molar-refractivity contribution is 6.32. The number of nitrogens with zero attached hydrogens (tertiary/aromatic N) is 2. The highest BCUT2D eigenvalue weighted by atomic mass is 35.5. The van der Waals surface area contributed by atoms with Crippen molar-refractivity contribution in [2.24, 2.45) is 7.05 Å². The summed E-state index contributed by atoms with van der Waals surface area (Å²) >= 11 is 6.12. The van der Waals surface area contributed by atoms with Crippen molar-refractivity contribution in [2.75, 3.05) is 12.3 Å². The van der Waals surface area contributed by atoms with Gasteiger partial charge in [0, 0.05) is 24.6 Å². The number of rotatable bonds is 4. The highest BCUT2D eigenvalue weighted by Gasteiger charge is 2.05. The van der Waals surface area contributed by atoms with Crippen molar-refractivity contribution in [3.63, 3.8) is 0 Å². The van der Waals surface area contributed by atoms with E-state index in [1.807, 2.05) is 39.1 Å². The molecular weight excluding hydrogens is 262 g/mol. The third kappa shape index (κ3) is 3.20. The molecule has 0 saturated carbocycles. The molecule has 4 nitrogen and oxygen atoms in total. The fourth-order valence-electron chi connectivity index (χ4n) is 1.93. The summed E-state index contributed by atoms with van der Waals surface area (Å²) in [5.74, 6) is 1.50. The van der Waals surface area contributed by atoms with Gasteiger partial charge in [-0.3, -0.25) is 4.68 Å². The molecule has 0 unspecified atom stereocenters. The van der Waals surface area contributed by atoms with E-state index in [1.54, 1.807) is 4.68 Å². The van der Waals surface area contributed by atoms with Crippen LogP contribution in [0.4, 0.5) is 5.82 Å². The third-order valence-electron chi connectivity index (χ3n) is 3.00. The summed E-state index contributed by atoms with van der Waals surface area (Å²) in [6.07, 6.45) is 0.728. The molecule has 0 aliphatic carbocycles. The zero-order valence-corrected chi connectivity index (χ0v) is 12.2. The van der Waals surface area contributed by atoms with E-state index in [-0.39, 0.29) is 0 Å². The van der Waals surface area contributed by atoms with E-state index in [4.69, 9.17) is 22.1 Å². The quantitative estimate of drug-likeness (QED) is 0.936. The van der Waals surface area contributed by atoms with Crippen molar-refractivity contribution in [3.05, 3.63) is 40.0 Å². The van der Waals surface area contributed by atoms with Gasteiger partial charge in [0.25, 0.3) is 0 Å². The van der Waals surface area contributed by atoms with Crippen LogP contribution in [0.5, 0.6) is 5.75 Å². The molecule has 0 saturated heterocycles. The number of hydrogen-bond acceptors (Lipinski definition) is 3. The number of aromatic nitrogens is 2. The van der Waals surface area contributed by atoms with Gasteiger partial charge in [-0.2, -0.15) is 5.10 Å². The topological polar surface area (TPSA) is 53.1 Å². The first-order valence-corrected chi connectivity index (χ1v) is 6.53. The maximum Gasteiger partial charge on any atom is 0.121 e. The predicted molar refractivity (Wildman–Crippen MR) is 77.7 cm³/mol. The predicted octanol–water partition coefficient (Wildman–Crippen LogP) is 2.89. The van der Waals surface area contributed by atoms with Crippen molar-refractivity contribution < 1.29 is 4.74 Å². The molecular formula is C14H18ClN3O. The summed E-state index contributed by atoms with van der Waals surface area (Å²) in [6.45, 7) is 4.51. The normalized spacial score (nSPS) is 10.7. The van der Waals surface area contributed by atoms with Gasteiger partial charge >= 0.3 is 0 Å². The van der Waals surface area contributed by atoms with Crippen LogP contribution in [0.3, 0.4) is 0 Å². The lowest BCUT2D eigenvalue weighted by atomic mass is 10.1. The maximum atomic E-state index is 6.12. The minimum absolute atomic E-state index is 0.566. The Morgan fingerprint density at radius 1 is 1.26 bits per heavy atom. The number of nitrogen functional groups attached to an aromatic ring is 1. The minimum Gasteiger partial charge on any atom is -0.493 e. The van der Waals surface area contributed by atoms with Crippen LogP contribution in [0.2, 0.25) is 5.02 Å². The lowest BCUT2D eigenvalue weighted by Gasteiger charge is -2.09. The first-order chi connectivity index (χ1) is 8.97. The van der Waals surface area contributed by atoms with Gasteiger partial charge < -0.3 is 10.5 Å². The van der Waals surface area contributed by atoms with Crippen LogP contribution < -0.4 is 10.5 Å². The first-order valence-electron chi connectivity index (χ1n) is 6.15. The van der Waals surface area contributed by atoms with Crippen molar-refractivity contribution in [3.8, 4) is 5.75 Å². The summed E-state index contributed by atoms with van der Waals surface area (Å²) in [7, 11) is 1.83. The Bertz CT molecular complexity index is 550. The molecule has 19 heavy (non-hydrogen) atoms. The molecule has 0 amide bonds. The summed E-state index contributed by atoms with van der Waals surface area (Å²) in [4.78, 5) is 0. The zero-order valence-electron chi connectivity index (χ0n) is 11.4. The number of nitrogens with two attached hydrogens (primary N) is 1. The first kappa shape index (κ1) is 13.7. The number of halogens is 1. The van der Waals surface area contributed by atoms with E-state index in [0.29, 0.717) is 12.4 Å². The van der Waals surface area contributed by atoms with E-state index in [1.165, 1.54) is 0 Å². The Morgan fingerprint density at radius 2 is 1.89 bits per heavy atom. The number of benzene rings is 1. The smallest absolute Gasteiger partial charge is 0.121 e. The maximum absolute atomic E-state index is 6.12. The molecule has 0 bridgehead atoms. The molecule has 1 aromatic carbocycles. The van der Waals surface area contributed by atoms with E-state index >= 15 is 0 Å². The van der Waals surface area contributed by atoms with Gasteiger partial charge in [0.1, 0.15) is 11.6 Å². The van der Waals surface area contributed by atoms with Gasteiger partial charge in [-0.15, -0.1) is 0 Å². The minimum atomic E-state index is 0.566. The summed E-state index contributed by atoms with van der Waals surface area (Å²) < 4.78 is 7.39. The molecule has 0 spiro atoms. The van der Waals surface area contributed by atoms with E-state index < -0.39 is 0 Å². The summed E-state index contributed by atoms with van der Waals surface area (Å²) in [5, 5.41) is 5.08. The SMILES string of the molecule is Cc1cc(OCCc2cc(N)n(C)n2)cc(C)c1Cl. The lowest BCUT2D eigenvalue weighted by molar-refractivity contribution is 0.319. The van der Waals surface area contributed by atoms with Gasteiger partial charge in [0.15, 0.2) is 0 Å². The van der Waals surface area contributed by atoms with Crippen LogP contribution in [0.15, 0.2) is 18.2 Å². The van der Waals surface area contributed by atoms with Gasteiger partial charge in [-0.1, -0.05) is 11.6 Å². The summed E-state index contributed by atoms with van der Waals surface area (Å²) in [5.41, 5.74) is 8.71. The second-order valence-electron chi connectivity index (χ2n) is 4.65.